The Morgan fingerprint density at radius 1 is 0.792 bits per heavy atom. The van der Waals surface area contributed by atoms with Crippen LogP contribution in [0.3, 0.4) is 0 Å². The molecule has 3 amide bonds. The molecule has 3 aromatic rings. The third kappa shape index (κ3) is 6.74. The molecule has 278 valence electrons. The van der Waals surface area contributed by atoms with E-state index in [1.165, 1.54) is 24.9 Å². The van der Waals surface area contributed by atoms with E-state index in [1.807, 2.05) is 24.3 Å². The third-order valence-electron chi connectivity index (χ3n) is 12.6. The molecular weight excluding hydrogens is 670 g/mol. The summed E-state index contributed by atoms with van der Waals surface area (Å²) < 4.78 is 0. The van der Waals surface area contributed by atoms with E-state index >= 15 is 0 Å². The van der Waals surface area contributed by atoms with Gasteiger partial charge in [0.25, 0.3) is 5.91 Å². The van der Waals surface area contributed by atoms with Gasteiger partial charge in [-0.05, 0) is 93.0 Å². The van der Waals surface area contributed by atoms with Crippen molar-refractivity contribution in [3.8, 4) is 17.0 Å². The smallest absolute Gasteiger partial charge is 0.255 e. The minimum absolute atomic E-state index is 0.104. The van der Waals surface area contributed by atoms with Gasteiger partial charge in [-0.3, -0.25) is 29.5 Å². The van der Waals surface area contributed by atoms with Crippen LogP contribution in [0, 0.1) is 0 Å². The summed E-state index contributed by atoms with van der Waals surface area (Å²) in [6, 6.07) is 16.0. The fraction of sp³-hybridized carbons (Fsp3) is 0.525. The zero-order valence-corrected chi connectivity index (χ0v) is 30.3. The number of fused-ring (bicyclic) bond motifs is 4. The first-order valence-corrected chi connectivity index (χ1v) is 19.5. The van der Waals surface area contributed by atoms with Gasteiger partial charge in [0.05, 0.1) is 17.4 Å². The van der Waals surface area contributed by atoms with Crippen molar-refractivity contribution in [1.82, 2.24) is 35.1 Å². The number of aromatic nitrogens is 2. The van der Waals surface area contributed by atoms with Gasteiger partial charge in [-0.1, -0.05) is 24.3 Å². The number of carbonyl (C=O) groups excluding carboxylic acids is 3. The minimum atomic E-state index is -0.575. The van der Waals surface area contributed by atoms with Gasteiger partial charge in [0, 0.05) is 75.9 Å². The molecule has 7 heterocycles. The summed E-state index contributed by atoms with van der Waals surface area (Å²) in [6.45, 7) is 10.9. The van der Waals surface area contributed by atoms with E-state index in [0.717, 1.165) is 88.8 Å². The highest BCUT2D eigenvalue weighted by Gasteiger charge is 2.40. The molecule has 1 aromatic heterocycles. The van der Waals surface area contributed by atoms with Gasteiger partial charge in [-0.2, -0.15) is 0 Å². The number of likely N-dealkylation sites (tertiary alicyclic amines) is 2. The Morgan fingerprint density at radius 2 is 1.60 bits per heavy atom. The van der Waals surface area contributed by atoms with Crippen LogP contribution in [-0.4, -0.2) is 136 Å². The normalized spacial score (nSPS) is 25.8. The van der Waals surface area contributed by atoms with Crippen molar-refractivity contribution in [1.29, 1.82) is 0 Å². The molecule has 0 bridgehead atoms. The molecule has 13 nitrogen and oxygen atoms in total. The number of aromatic hydroxyl groups is 1. The monoisotopic (exact) mass is 719 g/mol. The average molecular weight is 720 g/mol. The lowest BCUT2D eigenvalue weighted by Crippen LogP contribution is -2.59. The first-order valence-electron chi connectivity index (χ1n) is 19.5. The maximum atomic E-state index is 13.2. The van der Waals surface area contributed by atoms with E-state index in [-0.39, 0.29) is 29.9 Å². The molecule has 13 heteroatoms. The predicted molar refractivity (Wildman–Crippen MR) is 201 cm³/mol. The summed E-state index contributed by atoms with van der Waals surface area (Å²) in [5.41, 5.74) is 5.45. The second-order valence-corrected chi connectivity index (χ2v) is 15.7. The van der Waals surface area contributed by atoms with Crippen LogP contribution in [-0.2, 0) is 16.1 Å². The van der Waals surface area contributed by atoms with Crippen molar-refractivity contribution in [3.63, 3.8) is 0 Å². The van der Waals surface area contributed by atoms with E-state index < -0.39 is 6.04 Å². The first-order chi connectivity index (χ1) is 25.9. The number of phenolic OH excluding ortho intramolecular Hbond substituents is 1. The molecular formula is C40H49N9O4. The van der Waals surface area contributed by atoms with Crippen molar-refractivity contribution in [3.05, 3.63) is 65.2 Å². The topological polar surface area (TPSA) is 137 Å². The number of hydrogen-bond donors (Lipinski definition) is 3. The number of amides is 3. The lowest BCUT2D eigenvalue weighted by molar-refractivity contribution is -0.136. The van der Waals surface area contributed by atoms with Crippen LogP contribution in [0.5, 0.6) is 5.75 Å². The number of piperidine rings is 3. The second kappa shape index (κ2) is 14.3. The fourth-order valence-corrected chi connectivity index (χ4v) is 9.64. The van der Waals surface area contributed by atoms with Gasteiger partial charge >= 0.3 is 0 Å². The summed E-state index contributed by atoms with van der Waals surface area (Å²) in [7, 11) is 0. The second-order valence-electron chi connectivity index (χ2n) is 15.7. The highest BCUT2D eigenvalue weighted by atomic mass is 16.3. The molecule has 6 aliphatic heterocycles. The molecule has 0 radical (unpaired) electrons. The third-order valence-corrected chi connectivity index (χ3v) is 12.6. The molecule has 2 aromatic carbocycles. The molecule has 6 aliphatic rings. The number of carbonyl (C=O) groups is 3. The molecule has 4 fully saturated rings. The molecule has 0 aliphatic carbocycles. The largest absolute Gasteiger partial charge is 0.507 e. The van der Waals surface area contributed by atoms with Gasteiger partial charge in [0.2, 0.25) is 11.8 Å². The number of phenols is 1. The summed E-state index contributed by atoms with van der Waals surface area (Å²) in [4.78, 5) is 49.4. The summed E-state index contributed by atoms with van der Waals surface area (Å²) >= 11 is 0. The average Bonchev–Trinajstić information content (AvgIpc) is 3.51. The van der Waals surface area contributed by atoms with Gasteiger partial charge in [0.1, 0.15) is 11.8 Å². The lowest BCUT2D eigenvalue weighted by atomic mass is 9.87. The van der Waals surface area contributed by atoms with E-state index in [4.69, 9.17) is 0 Å². The molecule has 2 unspecified atom stereocenters. The Kier molecular flexibility index (Phi) is 9.25. The number of nitrogens with one attached hydrogen (secondary N) is 2. The van der Waals surface area contributed by atoms with Gasteiger partial charge in [-0.25, -0.2) is 0 Å². The number of piperazine rings is 1. The molecule has 0 saturated carbocycles. The van der Waals surface area contributed by atoms with Crippen LogP contribution >= 0.6 is 0 Å². The van der Waals surface area contributed by atoms with Crippen molar-refractivity contribution in [2.24, 2.45) is 0 Å². The number of rotatable bonds is 7. The molecule has 3 atom stereocenters. The zero-order chi connectivity index (χ0) is 36.1. The van der Waals surface area contributed by atoms with Crippen molar-refractivity contribution < 1.29 is 19.5 Å². The summed E-state index contributed by atoms with van der Waals surface area (Å²) in [5.74, 6) is 0.781. The minimum Gasteiger partial charge on any atom is -0.507 e. The van der Waals surface area contributed by atoms with Crippen LogP contribution in [0.25, 0.3) is 11.3 Å². The maximum Gasteiger partial charge on any atom is 0.255 e. The maximum absolute atomic E-state index is 13.2. The zero-order valence-electron chi connectivity index (χ0n) is 30.3. The van der Waals surface area contributed by atoms with Crippen LogP contribution in [0.4, 0.5) is 11.5 Å². The summed E-state index contributed by atoms with van der Waals surface area (Å²) in [5, 5.41) is 25.2. The summed E-state index contributed by atoms with van der Waals surface area (Å²) in [6.07, 6.45) is 5.39. The Hall–Kier alpha value is -4.59. The van der Waals surface area contributed by atoms with Crippen LogP contribution < -0.4 is 15.5 Å². The van der Waals surface area contributed by atoms with E-state index in [9.17, 15) is 19.5 Å². The Bertz CT molecular complexity index is 1900. The molecule has 4 saturated heterocycles. The van der Waals surface area contributed by atoms with E-state index in [2.05, 4.69) is 58.6 Å². The number of para-hydroxylation sites is 1. The number of hydrogen-bond acceptors (Lipinski definition) is 11. The quantitative estimate of drug-likeness (QED) is 0.311. The molecule has 3 N–H and O–H groups in total. The SMILES string of the molecule is O=C1CCC(N2Cc3cc(C4CCN(C5CCCN(CCN6CCN7c8cc(-c9ccccc9O)nnc8NC[C@H]7C6)C5)CC4)ccc3C2=O)C(=O)N1. The molecule has 53 heavy (non-hydrogen) atoms. The number of anilines is 2. The molecule has 9 rings (SSSR count). The number of benzene rings is 2. The standard InChI is InChI=1S/C40H49N9O4/c50-36-6-2-1-5-32(36)33-21-35-38(44-43-33)41-22-30-25-46(18-19-48(30)35)17-16-45-13-3-4-29(24-45)47-14-11-26(12-15-47)27-7-8-31-28(20-27)23-49(40(31)53)34-9-10-37(51)42-39(34)52/h1-2,5-8,20-21,26,29-30,34,50H,3-4,9-19,22-25H2,(H,41,44)(H,42,51,52)/t29?,30-,34?/m0/s1. The van der Waals surface area contributed by atoms with Crippen molar-refractivity contribution in [2.45, 2.75) is 69.1 Å². The number of nitrogens with zero attached hydrogens (tertiary/aromatic N) is 7. The van der Waals surface area contributed by atoms with Crippen molar-refractivity contribution in [2.75, 3.05) is 75.7 Å². The van der Waals surface area contributed by atoms with Gasteiger partial charge < -0.3 is 25.1 Å². The highest BCUT2D eigenvalue weighted by molar-refractivity contribution is 6.05. The highest BCUT2D eigenvalue weighted by Crippen LogP contribution is 2.37. The van der Waals surface area contributed by atoms with Gasteiger partial charge in [-0.15, -0.1) is 10.2 Å². The van der Waals surface area contributed by atoms with E-state index in [0.29, 0.717) is 47.8 Å². The predicted octanol–water partition coefficient (Wildman–Crippen LogP) is 2.87. The van der Waals surface area contributed by atoms with E-state index in [1.54, 1.807) is 11.0 Å². The van der Waals surface area contributed by atoms with Crippen LogP contribution in [0.1, 0.15) is 65.9 Å². The lowest BCUT2D eigenvalue weighted by Gasteiger charge is -2.46. The molecule has 0 spiro atoms. The Labute approximate surface area is 310 Å². The Balaban J connectivity index is 0.753. The Morgan fingerprint density at radius 3 is 2.43 bits per heavy atom. The van der Waals surface area contributed by atoms with Gasteiger partial charge in [0.15, 0.2) is 5.82 Å². The van der Waals surface area contributed by atoms with Crippen molar-refractivity contribution >= 4 is 29.2 Å². The van der Waals surface area contributed by atoms with Crippen LogP contribution in [0.2, 0.25) is 0 Å². The first kappa shape index (κ1) is 34.2. The van der Waals surface area contributed by atoms with Crippen LogP contribution in [0.15, 0.2) is 48.5 Å². The fourth-order valence-electron chi connectivity index (χ4n) is 9.64. The number of imide groups is 1.